The fourth-order valence-corrected chi connectivity index (χ4v) is 3.98. The fourth-order valence-electron chi connectivity index (χ4n) is 3.98. The van der Waals surface area contributed by atoms with Gasteiger partial charge in [0, 0.05) is 0 Å². The Hall–Kier alpha value is -0.600. The Morgan fingerprint density at radius 3 is 1.45 bits per heavy atom. The van der Waals surface area contributed by atoms with E-state index in [1.54, 1.807) is 0 Å². The molecule has 0 aromatic carbocycles. The summed E-state index contributed by atoms with van der Waals surface area (Å²) in [5.74, 6) is 0. The van der Waals surface area contributed by atoms with Crippen LogP contribution in [0.4, 0.5) is 0 Å². The van der Waals surface area contributed by atoms with Crippen molar-refractivity contribution in [2.45, 2.75) is 85.8 Å². The smallest absolute Gasteiger partial charge is 0.187 e. The van der Waals surface area contributed by atoms with Gasteiger partial charge in [0.15, 0.2) is 12.6 Å². The first-order chi connectivity index (χ1) is 15.6. The average Bonchev–Trinajstić information content (AvgIpc) is 2.81. The van der Waals surface area contributed by atoms with E-state index in [9.17, 15) is 51.1 Å². The van der Waals surface area contributed by atoms with E-state index in [-0.39, 0.29) is 6.61 Å². The predicted molar refractivity (Wildman–Crippen MR) is 100 cm³/mol. The molecule has 14 atom stereocenters. The molecular formula is C18H32O15. The van der Waals surface area contributed by atoms with Crippen LogP contribution in [0.3, 0.4) is 0 Å². The molecule has 0 aromatic heterocycles. The van der Waals surface area contributed by atoms with E-state index in [0.717, 1.165) is 0 Å². The molecule has 0 aliphatic carbocycles. The zero-order valence-electron chi connectivity index (χ0n) is 17.4. The van der Waals surface area contributed by atoms with Crippen molar-refractivity contribution in [3.63, 3.8) is 0 Å². The molecule has 33 heavy (non-hydrogen) atoms. The van der Waals surface area contributed by atoms with Gasteiger partial charge < -0.3 is 74.7 Å². The second kappa shape index (κ2) is 11.4. The highest BCUT2D eigenvalue weighted by atomic mass is 16.7. The van der Waals surface area contributed by atoms with E-state index >= 15 is 0 Å². The molecule has 194 valence electrons. The predicted octanol–water partition coefficient (Wildman–Crippen LogP) is -6.89. The Bertz CT molecular complexity index is 607. The molecule has 15 heteroatoms. The standard InChI is InChI=1S/C18H32O15/c19-1-5-11(24)16(33-18-15(28)13(26)10(23)7(3-21)31-18)8(4-29-5)32-17-14(27)12(25)9(22)6(2-20)30-17/h5-28H,1-4H2/t5-,6-,7-,8-,9-,10-,11-,12-,13-,14+,15+,16-,17-,18+/m1/s1. The van der Waals surface area contributed by atoms with Crippen LogP contribution < -0.4 is 0 Å². The number of hydrogen-bond donors (Lipinski definition) is 10. The number of aliphatic hydroxyl groups is 10. The summed E-state index contributed by atoms with van der Waals surface area (Å²) in [6.45, 7) is -2.38. The van der Waals surface area contributed by atoms with Crippen LogP contribution in [0.2, 0.25) is 0 Å². The minimum Gasteiger partial charge on any atom is -0.394 e. The quantitative estimate of drug-likeness (QED) is 0.160. The summed E-state index contributed by atoms with van der Waals surface area (Å²) in [6, 6.07) is 0. The van der Waals surface area contributed by atoms with E-state index in [4.69, 9.17) is 23.7 Å². The maximum atomic E-state index is 10.6. The lowest BCUT2D eigenvalue weighted by molar-refractivity contribution is -0.362. The maximum absolute atomic E-state index is 10.6. The molecule has 0 aromatic rings. The summed E-state index contributed by atoms with van der Waals surface area (Å²) in [4.78, 5) is 0. The first-order valence-corrected chi connectivity index (χ1v) is 10.5. The fraction of sp³-hybridized carbons (Fsp3) is 1.00. The summed E-state index contributed by atoms with van der Waals surface area (Å²) < 4.78 is 27.1. The normalized spacial score (nSPS) is 51.5. The lowest BCUT2D eigenvalue weighted by Gasteiger charge is -2.46. The second-order valence-electron chi connectivity index (χ2n) is 8.21. The molecule has 3 fully saturated rings. The van der Waals surface area contributed by atoms with Crippen molar-refractivity contribution in [3.05, 3.63) is 0 Å². The maximum Gasteiger partial charge on any atom is 0.187 e. The third-order valence-corrected chi connectivity index (χ3v) is 6.04. The summed E-state index contributed by atoms with van der Waals surface area (Å²) >= 11 is 0. The topological polar surface area (TPSA) is 248 Å². The van der Waals surface area contributed by atoms with Crippen LogP contribution in [0.15, 0.2) is 0 Å². The third-order valence-electron chi connectivity index (χ3n) is 6.04. The second-order valence-corrected chi connectivity index (χ2v) is 8.21. The minimum absolute atomic E-state index is 0.334. The van der Waals surface area contributed by atoms with E-state index in [1.165, 1.54) is 0 Å². The molecule has 3 saturated heterocycles. The molecule has 0 bridgehead atoms. The first-order valence-electron chi connectivity index (χ1n) is 10.5. The van der Waals surface area contributed by atoms with Crippen LogP contribution in [-0.4, -0.2) is 163 Å². The highest BCUT2D eigenvalue weighted by molar-refractivity contribution is 4.95. The Morgan fingerprint density at radius 1 is 0.545 bits per heavy atom. The van der Waals surface area contributed by atoms with Gasteiger partial charge in [-0.2, -0.15) is 0 Å². The van der Waals surface area contributed by atoms with Gasteiger partial charge >= 0.3 is 0 Å². The van der Waals surface area contributed by atoms with Gasteiger partial charge in [-0.3, -0.25) is 0 Å². The van der Waals surface area contributed by atoms with Gasteiger partial charge in [0.05, 0.1) is 26.4 Å². The Kier molecular flexibility index (Phi) is 9.35. The van der Waals surface area contributed by atoms with Gasteiger partial charge in [0.2, 0.25) is 0 Å². The molecule has 3 rings (SSSR count). The van der Waals surface area contributed by atoms with E-state index in [0.29, 0.717) is 0 Å². The molecule has 0 saturated carbocycles. The summed E-state index contributed by atoms with van der Waals surface area (Å²) in [7, 11) is 0. The third kappa shape index (κ3) is 5.48. The van der Waals surface area contributed by atoms with Crippen molar-refractivity contribution in [2.75, 3.05) is 26.4 Å². The van der Waals surface area contributed by atoms with Crippen LogP contribution >= 0.6 is 0 Å². The Balaban J connectivity index is 1.77. The van der Waals surface area contributed by atoms with Crippen LogP contribution in [0.1, 0.15) is 0 Å². The first kappa shape index (κ1) is 27.0. The highest BCUT2D eigenvalue weighted by Crippen LogP contribution is 2.30. The van der Waals surface area contributed by atoms with E-state index in [1.807, 2.05) is 0 Å². The van der Waals surface area contributed by atoms with E-state index < -0.39 is 106 Å². The van der Waals surface area contributed by atoms with Crippen molar-refractivity contribution in [3.8, 4) is 0 Å². The molecule has 3 aliphatic heterocycles. The van der Waals surface area contributed by atoms with E-state index in [2.05, 4.69) is 0 Å². The summed E-state index contributed by atoms with van der Waals surface area (Å²) in [6.07, 6.45) is -21.5. The van der Waals surface area contributed by atoms with Gasteiger partial charge in [-0.25, -0.2) is 0 Å². The largest absolute Gasteiger partial charge is 0.394 e. The number of hydrogen-bond acceptors (Lipinski definition) is 15. The minimum atomic E-state index is -1.79. The molecule has 0 radical (unpaired) electrons. The molecule has 10 N–H and O–H groups in total. The lowest BCUT2D eigenvalue weighted by Crippen LogP contribution is -2.65. The van der Waals surface area contributed by atoms with Crippen molar-refractivity contribution in [2.24, 2.45) is 0 Å². The molecule has 15 nitrogen and oxygen atoms in total. The van der Waals surface area contributed by atoms with Gasteiger partial charge in [-0.05, 0) is 0 Å². The van der Waals surface area contributed by atoms with Gasteiger partial charge in [0.1, 0.15) is 73.2 Å². The zero-order valence-corrected chi connectivity index (χ0v) is 17.4. The highest BCUT2D eigenvalue weighted by Gasteiger charge is 2.51. The lowest BCUT2D eigenvalue weighted by atomic mass is 9.97. The van der Waals surface area contributed by atoms with Crippen LogP contribution in [0.25, 0.3) is 0 Å². The molecular weight excluding hydrogens is 456 g/mol. The molecule has 0 spiro atoms. The summed E-state index contributed by atoms with van der Waals surface area (Å²) in [5.41, 5.74) is 0. The monoisotopic (exact) mass is 488 g/mol. The van der Waals surface area contributed by atoms with Crippen LogP contribution in [0.5, 0.6) is 0 Å². The Morgan fingerprint density at radius 2 is 1.00 bits per heavy atom. The van der Waals surface area contributed by atoms with Gasteiger partial charge in [0.25, 0.3) is 0 Å². The number of ether oxygens (including phenoxy) is 5. The number of aliphatic hydroxyl groups excluding tert-OH is 10. The van der Waals surface area contributed by atoms with Crippen molar-refractivity contribution < 1.29 is 74.7 Å². The van der Waals surface area contributed by atoms with Gasteiger partial charge in [-0.1, -0.05) is 0 Å². The average molecular weight is 488 g/mol. The van der Waals surface area contributed by atoms with Gasteiger partial charge in [-0.15, -0.1) is 0 Å². The molecule has 3 aliphatic rings. The van der Waals surface area contributed by atoms with Crippen molar-refractivity contribution in [1.29, 1.82) is 0 Å². The number of rotatable bonds is 7. The Labute approximate surface area is 187 Å². The van der Waals surface area contributed by atoms with Crippen molar-refractivity contribution >= 4 is 0 Å². The molecule has 0 amide bonds. The van der Waals surface area contributed by atoms with Crippen molar-refractivity contribution in [1.82, 2.24) is 0 Å². The van der Waals surface area contributed by atoms with Crippen LogP contribution in [-0.2, 0) is 23.7 Å². The molecule has 0 unspecified atom stereocenters. The van der Waals surface area contributed by atoms with Crippen LogP contribution in [0, 0.1) is 0 Å². The SMILES string of the molecule is OC[C@H]1O[C@@H](O[C@H]2[C@H](O)[C@@H](CO)OC[C@H]2O[C@H]2O[C@H](CO)[C@@H](O)[C@@H](O)[C@@H]2O)[C@@H](O)[C@H](O)[C@@H]1O. The summed E-state index contributed by atoms with van der Waals surface area (Å²) in [5, 5.41) is 99.0. The molecule has 3 heterocycles. The zero-order chi connectivity index (χ0) is 24.4.